The number of aromatic nitrogens is 1. The molecule has 1 N–H and O–H groups in total. The van der Waals surface area contributed by atoms with E-state index in [2.05, 4.69) is 10.3 Å². The first-order chi connectivity index (χ1) is 11.9. The van der Waals surface area contributed by atoms with Gasteiger partial charge in [-0.1, -0.05) is 23.7 Å². The van der Waals surface area contributed by atoms with Crippen molar-refractivity contribution in [1.82, 2.24) is 4.98 Å². The number of halogens is 1. The van der Waals surface area contributed by atoms with E-state index in [4.69, 9.17) is 11.6 Å². The maximum atomic E-state index is 12.4. The molecular weight excluding hydrogens is 376 g/mol. The molecule has 0 fully saturated rings. The zero-order valence-corrected chi connectivity index (χ0v) is 16.0. The van der Waals surface area contributed by atoms with Crippen molar-refractivity contribution in [3.63, 3.8) is 0 Å². The van der Waals surface area contributed by atoms with Gasteiger partial charge in [0.25, 0.3) is 5.91 Å². The van der Waals surface area contributed by atoms with E-state index in [1.54, 1.807) is 30.5 Å². The third-order valence-corrected chi connectivity index (χ3v) is 5.66. The second kappa shape index (κ2) is 7.47. The molecule has 0 saturated heterocycles. The Balaban J connectivity index is 1.79. The van der Waals surface area contributed by atoms with Crippen LogP contribution in [-0.4, -0.2) is 21.4 Å². The smallest absolute Gasteiger partial charge is 0.257 e. The maximum Gasteiger partial charge on any atom is 0.257 e. The predicted molar refractivity (Wildman–Crippen MR) is 104 cm³/mol. The Kier molecular flexibility index (Phi) is 5.32. The molecule has 2 aromatic carbocycles. The molecule has 0 aliphatic heterocycles. The summed E-state index contributed by atoms with van der Waals surface area (Å²) in [4.78, 5) is 18.6. The van der Waals surface area contributed by atoms with Gasteiger partial charge in [-0.05, 0) is 43.3 Å². The predicted octanol–water partition coefficient (Wildman–Crippen LogP) is 4.76. The first-order valence-electron chi connectivity index (χ1n) is 7.42. The van der Waals surface area contributed by atoms with Crippen LogP contribution in [-0.2, 0) is 10.8 Å². The van der Waals surface area contributed by atoms with E-state index in [0.717, 1.165) is 16.1 Å². The van der Waals surface area contributed by atoms with Crippen LogP contribution in [0.5, 0.6) is 0 Å². The van der Waals surface area contributed by atoms with Crippen molar-refractivity contribution in [2.45, 2.75) is 11.8 Å². The number of rotatable bonds is 4. The highest BCUT2D eigenvalue weighted by Crippen LogP contribution is 2.31. The van der Waals surface area contributed by atoms with Crippen molar-refractivity contribution in [3.05, 3.63) is 64.0 Å². The zero-order valence-electron chi connectivity index (χ0n) is 13.6. The summed E-state index contributed by atoms with van der Waals surface area (Å²) in [6.07, 6.45) is 1.60. The summed E-state index contributed by atoms with van der Waals surface area (Å²) in [5.74, 6) is -0.246. The molecule has 1 unspecified atom stereocenters. The number of benzene rings is 2. The minimum atomic E-state index is -1.06. The highest BCUT2D eigenvalue weighted by atomic mass is 35.5. The molecule has 0 saturated carbocycles. The van der Waals surface area contributed by atoms with Crippen LogP contribution < -0.4 is 5.32 Å². The number of anilines is 1. The fourth-order valence-corrected chi connectivity index (χ4v) is 3.77. The molecule has 4 nitrogen and oxygen atoms in total. The van der Waals surface area contributed by atoms with Crippen LogP contribution in [0.1, 0.15) is 15.2 Å². The number of aryl methyl sites for hydroxylation is 1. The van der Waals surface area contributed by atoms with Gasteiger partial charge in [-0.2, -0.15) is 0 Å². The number of thiazole rings is 1. The van der Waals surface area contributed by atoms with Gasteiger partial charge in [-0.3, -0.25) is 14.3 Å². The zero-order chi connectivity index (χ0) is 18.0. The van der Waals surface area contributed by atoms with E-state index in [-0.39, 0.29) is 5.91 Å². The van der Waals surface area contributed by atoms with Crippen LogP contribution in [0.4, 0.5) is 5.13 Å². The van der Waals surface area contributed by atoms with E-state index in [0.29, 0.717) is 20.6 Å². The molecule has 1 heterocycles. The summed E-state index contributed by atoms with van der Waals surface area (Å²) in [7, 11) is -1.06. The molecule has 1 amide bonds. The minimum absolute atomic E-state index is 0.246. The second-order valence-corrected chi connectivity index (χ2v) is 8.38. The van der Waals surface area contributed by atoms with Crippen LogP contribution in [0.2, 0.25) is 5.02 Å². The molecule has 25 heavy (non-hydrogen) atoms. The van der Waals surface area contributed by atoms with E-state index < -0.39 is 10.8 Å². The maximum absolute atomic E-state index is 12.4. The van der Waals surface area contributed by atoms with Crippen molar-refractivity contribution in [1.29, 1.82) is 0 Å². The lowest BCUT2D eigenvalue weighted by molar-refractivity contribution is 0.102. The number of carbonyl (C=O) groups is 1. The largest absolute Gasteiger partial charge is 0.298 e. The van der Waals surface area contributed by atoms with Crippen LogP contribution in [0.15, 0.2) is 53.4 Å². The number of hydrogen-bond acceptors (Lipinski definition) is 4. The number of carbonyl (C=O) groups excluding carboxylic acids is 1. The molecule has 0 radical (unpaired) electrons. The lowest BCUT2D eigenvalue weighted by atomic mass is 10.1. The summed E-state index contributed by atoms with van der Waals surface area (Å²) in [5.41, 5.74) is 2.28. The lowest BCUT2D eigenvalue weighted by Crippen LogP contribution is -2.11. The highest BCUT2D eigenvalue weighted by Gasteiger charge is 2.13. The summed E-state index contributed by atoms with van der Waals surface area (Å²) < 4.78 is 11.4. The number of amides is 1. The molecular formula is C18H15ClN2O2S2. The van der Waals surface area contributed by atoms with E-state index in [1.165, 1.54) is 11.3 Å². The lowest BCUT2D eigenvalue weighted by Gasteiger charge is -2.03. The van der Waals surface area contributed by atoms with Crippen LogP contribution in [0, 0.1) is 6.92 Å². The van der Waals surface area contributed by atoms with Gasteiger partial charge in [-0.25, -0.2) is 4.98 Å². The average Bonchev–Trinajstić information content (AvgIpc) is 2.96. The van der Waals surface area contributed by atoms with Crippen LogP contribution in [0.3, 0.4) is 0 Å². The summed E-state index contributed by atoms with van der Waals surface area (Å²) in [6.45, 7) is 1.96. The van der Waals surface area contributed by atoms with Crippen molar-refractivity contribution >= 4 is 44.8 Å². The van der Waals surface area contributed by atoms with Crippen molar-refractivity contribution < 1.29 is 9.00 Å². The van der Waals surface area contributed by atoms with E-state index >= 15 is 0 Å². The van der Waals surface area contributed by atoms with Gasteiger partial charge in [-0.15, -0.1) is 11.3 Å². The summed E-state index contributed by atoms with van der Waals surface area (Å²) >= 11 is 7.34. The van der Waals surface area contributed by atoms with E-state index in [9.17, 15) is 9.00 Å². The van der Waals surface area contributed by atoms with Gasteiger partial charge in [0, 0.05) is 43.0 Å². The molecule has 0 spiro atoms. The molecule has 3 aromatic rings. The Labute approximate surface area is 157 Å². The monoisotopic (exact) mass is 390 g/mol. The average molecular weight is 391 g/mol. The Morgan fingerprint density at radius 3 is 2.36 bits per heavy atom. The third kappa shape index (κ3) is 4.15. The Hall–Kier alpha value is -2.02. The van der Waals surface area contributed by atoms with Gasteiger partial charge in [0.05, 0.1) is 5.69 Å². The van der Waals surface area contributed by atoms with Gasteiger partial charge < -0.3 is 0 Å². The first-order valence-corrected chi connectivity index (χ1v) is 10.2. The highest BCUT2D eigenvalue weighted by molar-refractivity contribution is 7.84. The van der Waals surface area contributed by atoms with Crippen LogP contribution in [0.25, 0.3) is 11.3 Å². The standard InChI is InChI=1S/C18H15ClN2O2S2/c1-11-16(12-3-7-14(19)8-4-12)20-18(24-11)21-17(22)13-5-9-15(10-6-13)25(2)23/h3-10H,1-2H3,(H,20,21,22). The Morgan fingerprint density at radius 2 is 1.76 bits per heavy atom. The van der Waals surface area contributed by atoms with Gasteiger partial charge in [0.2, 0.25) is 0 Å². The molecule has 0 aliphatic carbocycles. The number of nitrogens with one attached hydrogen (secondary N) is 1. The van der Waals surface area contributed by atoms with Crippen molar-refractivity contribution in [2.75, 3.05) is 11.6 Å². The fraction of sp³-hybridized carbons (Fsp3) is 0.111. The molecule has 0 bridgehead atoms. The second-order valence-electron chi connectivity index (χ2n) is 5.36. The molecule has 128 valence electrons. The van der Waals surface area contributed by atoms with E-state index in [1.807, 2.05) is 31.2 Å². The quantitative estimate of drug-likeness (QED) is 0.698. The molecule has 1 atom stereocenters. The van der Waals surface area contributed by atoms with Crippen molar-refractivity contribution in [2.24, 2.45) is 0 Å². The minimum Gasteiger partial charge on any atom is -0.298 e. The van der Waals surface area contributed by atoms with Gasteiger partial charge in [0.1, 0.15) is 0 Å². The number of nitrogens with zero attached hydrogens (tertiary/aromatic N) is 1. The van der Waals surface area contributed by atoms with Gasteiger partial charge in [0.15, 0.2) is 5.13 Å². The summed E-state index contributed by atoms with van der Waals surface area (Å²) in [5, 5.41) is 4.02. The topological polar surface area (TPSA) is 59.1 Å². The van der Waals surface area contributed by atoms with Crippen molar-refractivity contribution in [3.8, 4) is 11.3 Å². The Bertz CT molecular complexity index is 935. The summed E-state index contributed by atoms with van der Waals surface area (Å²) in [6, 6.07) is 14.1. The van der Waals surface area contributed by atoms with Crippen LogP contribution >= 0.6 is 22.9 Å². The first kappa shape index (κ1) is 17.8. The normalized spacial score (nSPS) is 12.0. The molecule has 1 aromatic heterocycles. The number of hydrogen-bond donors (Lipinski definition) is 1. The fourth-order valence-electron chi connectivity index (χ4n) is 2.29. The molecule has 7 heteroatoms. The molecule has 3 rings (SSSR count). The van der Waals surface area contributed by atoms with Gasteiger partial charge >= 0.3 is 0 Å². The Morgan fingerprint density at radius 1 is 1.12 bits per heavy atom. The molecule has 0 aliphatic rings. The SMILES string of the molecule is Cc1sc(NC(=O)c2ccc(S(C)=O)cc2)nc1-c1ccc(Cl)cc1. The third-order valence-electron chi connectivity index (χ3n) is 3.58.